The van der Waals surface area contributed by atoms with Crippen LogP contribution in [0.15, 0.2) is 40.9 Å². The lowest BCUT2D eigenvalue weighted by Crippen LogP contribution is -1.91. The van der Waals surface area contributed by atoms with Gasteiger partial charge in [-0.05, 0) is 28.1 Å². The molecule has 1 aromatic carbocycles. The van der Waals surface area contributed by atoms with Crippen LogP contribution in [0.5, 0.6) is 11.8 Å². The predicted molar refractivity (Wildman–Crippen MR) is 56.8 cm³/mol. The maximum atomic E-state index is 9.63. The van der Waals surface area contributed by atoms with Crippen molar-refractivity contribution in [3.05, 3.63) is 40.9 Å². The molecule has 2 N–H and O–H groups in total. The number of aromatic hydroxyl groups is 2. The smallest absolute Gasteiger partial charge is 0.213 e. The second-order valence-corrected chi connectivity index (χ2v) is 3.70. The molecule has 0 unspecified atom stereocenters. The third-order valence-corrected chi connectivity index (χ3v) is 2.51. The summed E-state index contributed by atoms with van der Waals surface area (Å²) in [6, 6.07) is 10.6. The van der Waals surface area contributed by atoms with E-state index >= 15 is 0 Å². The SMILES string of the molecule is Oc1cc(Br)c(O)n1-c1ccccc1. The molecule has 4 heteroatoms. The van der Waals surface area contributed by atoms with Crippen molar-refractivity contribution in [2.75, 3.05) is 0 Å². The fourth-order valence-corrected chi connectivity index (χ4v) is 1.67. The largest absolute Gasteiger partial charge is 0.494 e. The van der Waals surface area contributed by atoms with E-state index in [0.29, 0.717) is 10.2 Å². The Balaban J connectivity index is 2.62. The summed E-state index contributed by atoms with van der Waals surface area (Å²) < 4.78 is 1.82. The summed E-state index contributed by atoms with van der Waals surface area (Å²) in [4.78, 5) is 0. The molecule has 0 fully saturated rings. The maximum Gasteiger partial charge on any atom is 0.213 e. The fraction of sp³-hybridized carbons (Fsp3) is 0. The van der Waals surface area contributed by atoms with E-state index in [1.165, 1.54) is 10.6 Å². The van der Waals surface area contributed by atoms with Gasteiger partial charge in [-0.2, -0.15) is 0 Å². The molecule has 0 aliphatic heterocycles. The quantitative estimate of drug-likeness (QED) is 0.821. The van der Waals surface area contributed by atoms with Gasteiger partial charge < -0.3 is 10.2 Å². The summed E-state index contributed by atoms with van der Waals surface area (Å²) in [5, 5.41) is 19.2. The van der Waals surface area contributed by atoms with Crippen molar-refractivity contribution in [3.8, 4) is 17.4 Å². The van der Waals surface area contributed by atoms with Crippen molar-refractivity contribution >= 4 is 15.9 Å². The van der Waals surface area contributed by atoms with Gasteiger partial charge >= 0.3 is 0 Å². The van der Waals surface area contributed by atoms with Crippen LogP contribution in [0, 0.1) is 0 Å². The summed E-state index contributed by atoms with van der Waals surface area (Å²) in [7, 11) is 0. The highest BCUT2D eigenvalue weighted by Crippen LogP contribution is 2.34. The second-order valence-electron chi connectivity index (χ2n) is 2.85. The molecule has 3 nitrogen and oxygen atoms in total. The third kappa shape index (κ3) is 1.37. The van der Waals surface area contributed by atoms with Crippen LogP contribution in [0.4, 0.5) is 0 Å². The third-order valence-electron chi connectivity index (χ3n) is 1.92. The average Bonchev–Trinajstić information content (AvgIpc) is 2.43. The number of benzene rings is 1. The van der Waals surface area contributed by atoms with Crippen LogP contribution in [0.3, 0.4) is 0 Å². The Morgan fingerprint density at radius 2 is 1.71 bits per heavy atom. The monoisotopic (exact) mass is 253 g/mol. The van der Waals surface area contributed by atoms with E-state index in [9.17, 15) is 10.2 Å². The van der Waals surface area contributed by atoms with E-state index in [1.54, 1.807) is 12.1 Å². The van der Waals surface area contributed by atoms with Crippen LogP contribution >= 0.6 is 15.9 Å². The van der Waals surface area contributed by atoms with Gasteiger partial charge in [0.05, 0.1) is 10.2 Å². The Hall–Kier alpha value is -1.42. The number of nitrogens with zero attached hydrogens (tertiary/aromatic N) is 1. The average molecular weight is 254 g/mol. The first-order valence-corrected chi connectivity index (χ1v) is 4.84. The molecule has 0 bridgehead atoms. The molecule has 0 aliphatic carbocycles. The van der Waals surface area contributed by atoms with Gasteiger partial charge in [0, 0.05) is 6.07 Å². The highest BCUT2D eigenvalue weighted by molar-refractivity contribution is 9.10. The molecule has 0 saturated heterocycles. The first-order valence-electron chi connectivity index (χ1n) is 4.05. The minimum Gasteiger partial charge on any atom is -0.494 e. The Morgan fingerprint density at radius 3 is 2.21 bits per heavy atom. The molecule has 2 aromatic rings. The highest BCUT2D eigenvalue weighted by Gasteiger charge is 2.12. The van der Waals surface area contributed by atoms with Gasteiger partial charge in [-0.3, -0.25) is 4.57 Å². The molecule has 0 spiro atoms. The number of hydrogen-bond acceptors (Lipinski definition) is 2. The summed E-state index contributed by atoms with van der Waals surface area (Å²) in [5.41, 5.74) is 0.716. The van der Waals surface area contributed by atoms with Gasteiger partial charge in [-0.1, -0.05) is 18.2 Å². The van der Waals surface area contributed by atoms with Crippen molar-refractivity contribution in [3.63, 3.8) is 0 Å². The highest BCUT2D eigenvalue weighted by atomic mass is 79.9. The molecule has 14 heavy (non-hydrogen) atoms. The van der Waals surface area contributed by atoms with Gasteiger partial charge in [0.2, 0.25) is 5.88 Å². The molecular weight excluding hydrogens is 246 g/mol. The Labute approximate surface area is 89.4 Å². The Bertz CT molecular complexity index is 451. The van der Waals surface area contributed by atoms with E-state index in [1.807, 2.05) is 18.2 Å². The van der Waals surface area contributed by atoms with E-state index in [-0.39, 0.29) is 11.8 Å². The molecule has 1 heterocycles. The Morgan fingerprint density at radius 1 is 1.07 bits per heavy atom. The van der Waals surface area contributed by atoms with Gasteiger partial charge in [0.25, 0.3) is 0 Å². The number of aromatic nitrogens is 1. The number of hydrogen-bond donors (Lipinski definition) is 2. The first kappa shape index (κ1) is 9.15. The Kier molecular flexibility index (Phi) is 2.21. The normalized spacial score (nSPS) is 10.4. The molecule has 0 amide bonds. The fourth-order valence-electron chi connectivity index (χ4n) is 1.29. The maximum absolute atomic E-state index is 9.63. The number of para-hydroxylation sites is 1. The minimum atomic E-state index is -0.00583. The van der Waals surface area contributed by atoms with Crippen LogP contribution in [0.1, 0.15) is 0 Å². The second kappa shape index (κ2) is 3.38. The molecule has 0 aliphatic rings. The van der Waals surface area contributed by atoms with Gasteiger partial charge in [0.1, 0.15) is 0 Å². The zero-order valence-corrected chi connectivity index (χ0v) is 8.77. The molecule has 0 atom stereocenters. The first-order chi connectivity index (χ1) is 6.70. The number of halogens is 1. The van der Waals surface area contributed by atoms with Crippen molar-refractivity contribution < 1.29 is 10.2 Å². The van der Waals surface area contributed by atoms with Gasteiger partial charge in [0.15, 0.2) is 5.88 Å². The van der Waals surface area contributed by atoms with E-state index in [2.05, 4.69) is 15.9 Å². The summed E-state index contributed by atoms with van der Waals surface area (Å²) >= 11 is 3.13. The van der Waals surface area contributed by atoms with Crippen LogP contribution in [-0.2, 0) is 0 Å². The van der Waals surface area contributed by atoms with Crippen LogP contribution < -0.4 is 0 Å². The summed E-state index contributed by atoms with van der Waals surface area (Å²) in [6.07, 6.45) is 0. The lowest BCUT2D eigenvalue weighted by atomic mass is 10.3. The van der Waals surface area contributed by atoms with Crippen molar-refractivity contribution in [2.45, 2.75) is 0 Å². The van der Waals surface area contributed by atoms with Crippen molar-refractivity contribution in [1.29, 1.82) is 0 Å². The molecule has 0 saturated carbocycles. The molecule has 72 valence electrons. The molecule has 0 radical (unpaired) electrons. The number of rotatable bonds is 1. The van der Waals surface area contributed by atoms with Gasteiger partial charge in [-0.15, -0.1) is 0 Å². The summed E-state index contributed by atoms with van der Waals surface area (Å²) in [5.74, 6) is -0.00530. The van der Waals surface area contributed by atoms with E-state index in [4.69, 9.17) is 0 Å². The minimum absolute atomic E-state index is 0.000532. The standard InChI is InChI=1S/C10H8BrNO2/c11-8-6-9(13)12(10(8)14)7-4-2-1-3-5-7/h1-6,13-14H. The molecule has 1 aromatic heterocycles. The van der Waals surface area contributed by atoms with Crippen molar-refractivity contribution in [2.24, 2.45) is 0 Å². The van der Waals surface area contributed by atoms with Crippen LogP contribution in [0.2, 0.25) is 0 Å². The lowest BCUT2D eigenvalue weighted by Gasteiger charge is -2.05. The van der Waals surface area contributed by atoms with Crippen LogP contribution in [0.25, 0.3) is 5.69 Å². The van der Waals surface area contributed by atoms with Gasteiger partial charge in [-0.25, -0.2) is 0 Å². The van der Waals surface area contributed by atoms with Crippen molar-refractivity contribution in [1.82, 2.24) is 4.57 Å². The zero-order valence-electron chi connectivity index (χ0n) is 7.18. The van der Waals surface area contributed by atoms with Crippen LogP contribution in [-0.4, -0.2) is 14.8 Å². The van der Waals surface area contributed by atoms with E-state index in [0.717, 1.165) is 0 Å². The zero-order chi connectivity index (χ0) is 10.1. The topological polar surface area (TPSA) is 45.4 Å². The molecular formula is C10H8BrNO2. The predicted octanol–water partition coefficient (Wildman–Crippen LogP) is 2.65. The lowest BCUT2D eigenvalue weighted by molar-refractivity contribution is 0.401. The summed E-state index contributed by atoms with van der Waals surface area (Å²) in [6.45, 7) is 0. The molecule has 2 rings (SSSR count). The van der Waals surface area contributed by atoms with E-state index < -0.39 is 0 Å².